The Bertz CT molecular complexity index is 985. The molecule has 1 N–H and O–H groups in total. The summed E-state index contributed by atoms with van der Waals surface area (Å²) in [5.74, 6) is -0.747. The van der Waals surface area contributed by atoms with Crippen LogP contribution in [0.1, 0.15) is 27.8 Å². The topological polar surface area (TPSA) is 112 Å². The second-order valence-corrected chi connectivity index (χ2v) is 5.46. The molecule has 0 saturated heterocycles. The molecule has 0 saturated carbocycles. The van der Waals surface area contributed by atoms with Crippen molar-refractivity contribution in [3.8, 4) is 11.6 Å². The minimum atomic E-state index is -0.675. The number of Topliss-reactive ketones (excluding diaryl/α,β-unsaturated/α-hetero) is 1. The zero-order chi connectivity index (χ0) is 18.7. The number of pyridine rings is 2. The molecule has 4 rings (SSSR count). The van der Waals surface area contributed by atoms with Crippen molar-refractivity contribution in [2.24, 2.45) is 0 Å². The smallest absolute Gasteiger partial charge is 0.378 e. The highest BCUT2D eigenvalue weighted by Gasteiger charge is 2.22. The molecule has 4 heterocycles. The van der Waals surface area contributed by atoms with E-state index in [1.54, 1.807) is 25.1 Å². The van der Waals surface area contributed by atoms with Crippen molar-refractivity contribution in [1.82, 2.24) is 9.97 Å². The summed E-state index contributed by atoms with van der Waals surface area (Å²) in [6, 6.07) is 4.77. The second-order valence-electron chi connectivity index (χ2n) is 5.07. The van der Waals surface area contributed by atoms with Crippen LogP contribution in [0.25, 0.3) is 11.0 Å². The second kappa shape index (κ2) is 7.40. The predicted molar refractivity (Wildman–Crippen MR) is 90.7 cm³/mol. The molecule has 0 aromatic carbocycles. The summed E-state index contributed by atoms with van der Waals surface area (Å²) in [5.41, 5.74) is 0.882. The summed E-state index contributed by atoms with van der Waals surface area (Å²) in [4.78, 5) is 29.9. The lowest BCUT2D eigenvalue weighted by Gasteiger charge is -1.97. The number of esters is 1. The molecule has 0 amide bonds. The van der Waals surface area contributed by atoms with E-state index in [4.69, 9.17) is 25.5 Å². The number of aromatic nitrogens is 2. The van der Waals surface area contributed by atoms with Crippen molar-refractivity contribution < 1.29 is 28.6 Å². The number of nitrogens with zero attached hydrogens (tertiary/aromatic N) is 2. The number of halogens is 1. The van der Waals surface area contributed by atoms with Gasteiger partial charge in [0.1, 0.15) is 5.15 Å². The lowest BCUT2D eigenvalue weighted by molar-refractivity contribution is 0.0488. The van der Waals surface area contributed by atoms with Gasteiger partial charge >= 0.3 is 5.97 Å². The van der Waals surface area contributed by atoms with Crippen LogP contribution in [0.15, 0.2) is 35.0 Å². The van der Waals surface area contributed by atoms with Crippen LogP contribution in [0.5, 0.6) is 11.6 Å². The first-order valence-electron chi connectivity index (χ1n) is 7.56. The number of furan rings is 1. The molecule has 9 heteroatoms. The molecule has 8 nitrogen and oxygen atoms in total. The van der Waals surface area contributed by atoms with Gasteiger partial charge in [0.15, 0.2) is 17.9 Å². The van der Waals surface area contributed by atoms with Gasteiger partial charge in [0.25, 0.3) is 5.76 Å². The molecular weight excluding hydrogens is 364 g/mol. The van der Waals surface area contributed by atoms with Gasteiger partial charge in [-0.25, -0.2) is 9.78 Å². The van der Waals surface area contributed by atoms with Gasteiger partial charge in [-0.3, -0.25) is 9.78 Å². The lowest BCUT2D eigenvalue weighted by atomic mass is 10.2. The van der Waals surface area contributed by atoms with E-state index in [1.807, 2.05) is 0 Å². The van der Waals surface area contributed by atoms with Gasteiger partial charge in [-0.2, -0.15) is 0 Å². The van der Waals surface area contributed by atoms with Crippen LogP contribution in [0.4, 0.5) is 0 Å². The minimum Gasteiger partial charge on any atom is -0.504 e. The molecule has 3 aromatic rings. The monoisotopic (exact) mass is 376 g/mol. The van der Waals surface area contributed by atoms with E-state index >= 15 is 0 Å². The summed E-state index contributed by atoms with van der Waals surface area (Å²) in [5, 5.41) is 10.5. The molecule has 0 atom stereocenters. The van der Waals surface area contributed by atoms with Crippen LogP contribution in [-0.2, 0) is 4.74 Å². The molecule has 26 heavy (non-hydrogen) atoms. The highest BCUT2D eigenvalue weighted by molar-refractivity contribution is 6.29. The Hall–Kier alpha value is -3.13. The standard InChI is InChI=1S/C10H9NO4.C7H4ClNO2/c1-2-14-10(13)9-8(12)6-3-4-11-5-7(6)15-9;8-6-2-1-4-5(10)3-11-7(4)9-6/h3-5,12H,2H2,1H3;1-2H,3H2. The summed E-state index contributed by atoms with van der Waals surface area (Å²) in [6.45, 7) is 2.00. The number of hydrogen-bond acceptors (Lipinski definition) is 8. The van der Waals surface area contributed by atoms with E-state index in [-0.39, 0.29) is 30.5 Å². The highest BCUT2D eigenvalue weighted by Crippen LogP contribution is 2.31. The zero-order valence-corrected chi connectivity index (χ0v) is 14.3. The maximum atomic E-state index is 11.3. The van der Waals surface area contributed by atoms with E-state index in [0.29, 0.717) is 27.6 Å². The van der Waals surface area contributed by atoms with Crippen molar-refractivity contribution in [3.05, 3.63) is 47.1 Å². The van der Waals surface area contributed by atoms with Gasteiger partial charge in [0.2, 0.25) is 11.7 Å². The van der Waals surface area contributed by atoms with Crippen molar-refractivity contribution in [1.29, 1.82) is 0 Å². The quantitative estimate of drug-likeness (QED) is 0.536. The third kappa shape index (κ3) is 3.45. The van der Waals surface area contributed by atoms with Crippen molar-refractivity contribution in [2.45, 2.75) is 6.92 Å². The minimum absolute atomic E-state index is 0.0378. The fourth-order valence-electron chi connectivity index (χ4n) is 2.22. The maximum absolute atomic E-state index is 11.3. The molecule has 0 aliphatic carbocycles. The third-order valence-corrected chi connectivity index (χ3v) is 3.60. The third-order valence-electron chi connectivity index (χ3n) is 3.39. The van der Waals surface area contributed by atoms with Crippen LogP contribution in [0.3, 0.4) is 0 Å². The van der Waals surface area contributed by atoms with Gasteiger partial charge in [0.05, 0.1) is 23.8 Å². The van der Waals surface area contributed by atoms with Gasteiger partial charge < -0.3 is 19.0 Å². The van der Waals surface area contributed by atoms with Gasteiger partial charge in [-0.15, -0.1) is 0 Å². The van der Waals surface area contributed by atoms with E-state index < -0.39 is 5.97 Å². The molecule has 3 aromatic heterocycles. The Morgan fingerprint density at radius 1 is 1.38 bits per heavy atom. The molecule has 0 radical (unpaired) electrons. The number of carbonyl (C=O) groups is 2. The van der Waals surface area contributed by atoms with Gasteiger partial charge in [0, 0.05) is 6.20 Å². The van der Waals surface area contributed by atoms with Crippen LogP contribution in [0.2, 0.25) is 5.15 Å². The Labute approximate surface area is 152 Å². The summed E-state index contributed by atoms with van der Waals surface area (Å²) >= 11 is 5.57. The van der Waals surface area contributed by atoms with E-state index in [1.165, 1.54) is 12.4 Å². The van der Waals surface area contributed by atoms with Crippen molar-refractivity contribution in [2.75, 3.05) is 13.2 Å². The first kappa shape index (κ1) is 17.7. The summed E-state index contributed by atoms with van der Waals surface area (Å²) < 4.78 is 14.8. The molecule has 0 spiro atoms. The molecule has 1 aliphatic heterocycles. The number of aromatic hydroxyl groups is 1. The lowest BCUT2D eigenvalue weighted by Crippen LogP contribution is -2.02. The Balaban J connectivity index is 0.000000158. The van der Waals surface area contributed by atoms with E-state index in [2.05, 4.69) is 9.97 Å². The van der Waals surface area contributed by atoms with Crippen LogP contribution >= 0.6 is 11.6 Å². The number of hydrogen-bond donors (Lipinski definition) is 1. The van der Waals surface area contributed by atoms with Crippen LogP contribution < -0.4 is 4.74 Å². The fraction of sp³-hybridized carbons (Fsp3) is 0.176. The van der Waals surface area contributed by atoms with E-state index in [9.17, 15) is 14.7 Å². The molecule has 0 bridgehead atoms. The van der Waals surface area contributed by atoms with Crippen LogP contribution in [-0.4, -0.2) is 40.0 Å². The van der Waals surface area contributed by atoms with Gasteiger partial charge in [-0.05, 0) is 25.1 Å². The molecule has 134 valence electrons. The number of ketones is 1. The average Bonchev–Trinajstić information content (AvgIpc) is 3.16. The number of fused-ring (bicyclic) bond motifs is 2. The molecule has 0 fully saturated rings. The molecule has 0 unspecified atom stereocenters. The molecule has 1 aliphatic rings. The predicted octanol–water partition coefficient (Wildman–Crippen LogP) is 3.02. The number of rotatable bonds is 2. The Morgan fingerprint density at radius 3 is 2.92 bits per heavy atom. The highest BCUT2D eigenvalue weighted by atomic mass is 35.5. The Kier molecular flexibility index (Phi) is 5.04. The average molecular weight is 377 g/mol. The van der Waals surface area contributed by atoms with Crippen molar-refractivity contribution in [3.63, 3.8) is 0 Å². The largest absolute Gasteiger partial charge is 0.504 e. The first-order valence-corrected chi connectivity index (χ1v) is 7.94. The fourth-order valence-corrected chi connectivity index (χ4v) is 2.36. The Morgan fingerprint density at radius 2 is 2.19 bits per heavy atom. The first-order chi connectivity index (χ1) is 12.5. The van der Waals surface area contributed by atoms with Crippen LogP contribution in [0, 0.1) is 0 Å². The summed E-state index contributed by atoms with van der Waals surface area (Å²) in [6.07, 6.45) is 2.93. The van der Waals surface area contributed by atoms with Crippen molar-refractivity contribution >= 4 is 34.3 Å². The number of carbonyl (C=O) groups excluding carboxylic acids is 2. The van der Waals surface area contributed by atoms with E-state index in [0.717, 1.165) is 0 Å². The zero-order valence-electron chi connectivity index (χ0n) is 13.6. The number of ether oxygens (including phenoxy) is 2. The summed E-state index contributed by atoms with van der Waals surface area (Å²) in [7, 11) is 0. The SMILES string of the molecule is CCOC(=O)c1oc2cnccc2c1O.O=C1COc2nc(Cl)ccc21. The van der Waals surface area contributed by atoms with Gasteiger partial charge in [-0.1, -0.05) is 11.6 Å². The normalized spacial score (nSPS) is 12.2. The maximum Gasteiger partial charge on any atom is 0.378 e. The molecular formula is C17H13ClN2O6.